The molecule has 0 aliphatic heterocycles. The summed E-state index contributed by atoms with van der Waals surface area (Å²) in [5.41, 5.74) is 1.20. The zero-order valence-corrected chi connectivity index (χ0v) is 18.0. The fourth-order valence-electron chi connectivity index (χ4n) is 3.14. The van der Waals surface area contributed by atoms with E-state index in [-0.39, 0.29) is 21.4 Å². The second kappa shape index (κ2) is 7.75. The van der Waals surface area contributed by atoms with Crippen molar-refractivity contribution in [2.75, 3.05) is 11.6 Å². The van der Waals surface area contributed by atoms with Crippen molar-refractivity contribution in [1.82, 2.24) is 14.5 Å². The number of aryl methyl sites for hydroxylation is 1. The number of hydrogen-bond donors (Lipinski definition) is 1. The Kier molecular flexibility index (Phi) is 5.24. The third kappa shape index (κ3) is 4.14. The summed E-state index contributed by atoms with van der Waals surface area (Å²) in [5.74, 6) is -0.300. The van der Waals surface area contributed by atoms with Gasteiger partial charge >= 0.3 is 0 Å². The maximum atomic E-state index is 13.4. The first-order valence-electron chi connectivity index (χ1n) is 9.03. The Bertz CT molecular complexity index is 1500. The van der Waals surface area contributed by atoms with E-state index in [1.807, 2.05) is 0 Å². The number of nitrogens with zero attached hydrogens (tertiary/aromatic N) is 3. The highest BCUT2D eigenvalue weighted by Crippen LogP contribution is 2.28. The minimum Gasteiger partial charge on any atom is -0.324 e. The Hall–Kier alpha value is -3.30. The molecule has 7 nitrogen and oxygen atoms in total. The summed E-state index contributed by atoms with van der Waals surface area (Å²) >= 11 is 6.13. The maximum absolute atomic E-state index is 13.4. The number of anilines is 2. The van der Waals surface area contributed by atoms with Crippen molar-refractivity contribution < 1.29 is 12.8 Å². The number of sulfone groups is 1. The second-order valence-corrected chi connectivity index (χ2v) is 9.37. The Morgan fingerprint density at radius 2 is 1.87 bits per heavy atom. The number of aromatic nitrogens is 3. The lowest BCUT2D eigenvalue weighted by atomic mass is 10.1. The summed E-state index contributed by atoms with van der Waals surface area (Å²) in [6, 6.07) is 11.7. The van der Waals surface area contributed by atoms with E-state index in [9.17, 15) is 17.6 Å². The van der Waals surface area contributed by atoms with Gasteiger partial charge in [-0.05, 0) is 42.5 Å². The molecule has 0 unspecified atom stereocenters. The van der Waals surface area contributed by atoms with E-state index >= 15 is 0 Å². The molecule has 2 aromatic carbocycles. The minimum absolute atomic E-state index is 0.126. The molecule has 0 amide bonds. The Balaban J connectivity index is 1.77. The number of hydrogen-bond acceptors (Lipinski definition) is 6. The normalized spacial score (nSPS) is 11.6. The summed E-state index contributed by atoms with van der Waals surface area (Å²) in [4.78, 5) is 21.7. The molecule has 0 saturated heterocycles. The first-order chi connectivity index (χ1) is 14.6. The SMILES string of the molecule is Cn1c(=O)c(-c2ccc(F)cc2Cl)cc2cnc(Nc3cccc(S(C)(=O)=O)c3)nc21. The molecule has 0 aliphatic carbocycles. The molecule has 2 aromatic heterocycles. The standard InChI is InChI=1S/C21H16ClFN4O3S/c1-27-19-12(8-17(20(27)28)16-7-6-13(23)9-18(16)22)11-24-21(26-19)25-14-4-3-5-15(10-14)31(2,29)30/h3-11H,1-2H3,(H,24,25,26). The number of benzene rings is 2. The van der Waals surface area contributed by atoms with Crippen molar-refractivity contribution in [2.45, 2.75) is 4.90 Å². The van der Waals surface area contributed by atoms with Gasteiger partial charge in [0.25, 0.3) is 5.56 Å². The summed E-state index contributed by atoms with van der Waals surface area (Å²) in [5, 5.41) is 3.66. The molecule has 0 radical (unpaired) electrons. The van der Waals surface area contributed by atoms with Gasteiger partial charge in [-0.25, -0.2) is 17.8 Å². The van der Waals surface area contributed by atoms with Crippen LogP contribution in [0.1, 0.15) is 0 Å². The largest absolute Gasteiger partial charge is 0.324 e. The van der Waals surface area contributed by atoms with Gasteiger partial charge < -0.3 is 5.32 Å². The summed E-state index contributed by atoms with van der Waals surface area (Å²) in [6.07, 6.45) is 2.66. The van der Waals surface area contributed by atoms with E-state index in [0.717, 1.165) is 12.3 Å². The highest BCUT2D eigenvalue weighted by atomic mass is 35.5. The van der Waals surface area contributed by atoms with E-state index in [1.165, 1.54) is 35.0 Å². The minimum atomic E-state index is -3.36. The highest BCUT2D eigenvalue weighted by molar-refractivity contribution is 7.90. The average Bonchev–Trinajstić information content (AvgIpc) is 2.71. The molecule has 31 heavy (non-hydrogen) atoms. The quantitative estimate of drug-likeness (QED) is 0.498. The van der Waals surface area contributed by atoms with Gasteiger partial charge in [0.15, 0.2) is 9.84 Å². The van der Waals surface area contributed by atoms with Crippen LogP contribution in [0.2, 0.25) is 5.02 Å². The van der Waals surface area contributed by atoms with Crippen LogP contribution >= 0.6 is 11.6 Å². The number of halogens is 2. The van der Waals surface area contributed by atoms with Gasteiger partial charge in [-0.1, -0.05) is 17.7 Å². The van der Waals surface area contributed by atoms with Gasteiger partial charge in [0.1, 0.15) is 11.5 Å². The third-order valence-electron chi connectivity index (χ3n) is 4.69. The number of pyridine rings is 1. The third-order valence-corrected chi connectivity index (χ3v) is 6.11. The molecule has 0 fully saturated rings. The molecule has 2 heterocycles. The molecule has 4 rings (SSSR count). The van der Waals surface area contributed by atoms with Crippen molar-refractivity contribution in [3.63, 3.8) is 0 Å². The van der Waals surface area contributed by atoms with E-state index in [4.69, 9.17) is 11.6 Å². The van der Waals surface area contributed by atoms with Crippen molar-refractivity contribution in [3.05, 3.63) is 75.9 Å². The Labute approximate surface area is 182 Å². The first-order valence-corrected chi connectivity index (χ1v) is 11.3. The predicted octanol–water partition coefficient (Wildman–Crippen LogP) is 3.94. The first kappa shape index (κ1) is 21.0. The number of nitrogens with one attached hydrogen (secondary N) is 1. The topological polar surface area (TPSA) is 94.0 Å². The van der Waals surface area contributed by atoms with E-state index < -0.39 is 15.7 Å². The molecule has 0 atom stereocenters. The molecular formula is C21H16ClFN4O3S. The number of rotatable bonds is 4. The van der Waals surface area contributed by atoms with Crippen molar-refractivity contribution in [3.8, 4) is 11.1 Å². The zero-order valence-electron chi connectivity index (χ0n) is 16.4. The van der Waals surface area contributed by atoms with Crippen molar-refractivity contribution >= 4 is 44.1 Å². The van der Waals surface area contributed by atoms with Gasteiger partial charge in [0, 0.05) is 41.7 Å². The molecule has 4 aromatic rings. The van der Waals surface area contributed by atoms with Crippen LogP contribution in [0.25, 0.3) is 22.2 Å². The van der Waals surface area contributed by atoms with Gasteiger partial charge in [-0.3, -0.25) is 9.36 Å². The van der Waals surface area contributed by atoms with Crippen LogP contribution in [0.3, 0.4) is 0 Å². The lowest BCUT2D eigenvalue weighted by Crippen LogP contribution is -2.20. The van der Waals surface area contributed by atoms with Crippen LogP contribution in [0.15, 0.2) is 64.4 Å². The van der Waals surface area contributed by atoms with E-state index in [0.29, 0.717) is 27.8 Å². The highest BCUT2D eigenvalue weighted by Gasteiger charge is 2.14. The van der Waals surface area contributed by atoms with Crippen LogP contribution in [-0.4, -0.2) is 29.2 Å². The van der Waals surface area contributed by atoms with E-state index in [1.54, 1.807) is 25.2 Å². The summed E-state index contributed by atoms with van der Waals surface area (Å²) < 4.78 is 38.3. The fourth-order valence-corrected chi connectivity index (χ4v) is 4.08. The van der Waals surface area contributed by atoms with Crippen LogP contribution in [0, 0.1) is 5.82 Å². The van der Waals surface area contributed by atoms with Gasteiger partial charge in [0.05, 0.1) is 9.92 Å². The lowest BCUT2D eigenvalue weighted by Gasteiger charge is -2.11. The molecular weight excluding hydrogens is 443 g/mol. The maximum Gasteiger partial charge on any atom is 0.259 e. The molecule has 158 valence electrons. The smallest absolute Gasteiger partial charge is 0.259 e. The van der Waals surface area contributed by atoms with Gasteiger partial charge in [0.2, 0.25) is 5.95 Å². The van der Waals surface area contributed by atoms with Crippen LogP contribution in [0.5, 0.6) is 0 Å². The summed E-state index contributed by atoms with van der Waals surface area (Å²) in [7, 11) is -1.80. The zero-order chi connectivity index (χ0) is 22.3. The van der Waals surface area contributed by atoms with Crippen molar-refractivity contribution in [1.29, 1.82) is 0 Å². The monoisotopic (exact) mass is 458 g/mol. The van der Waals surface area contributed by atoms with Crippen LogP contribution < -0.4 is 10.9 Å². The predicted molar refractivity (Wildman–Crippen MR) is 118 cm³/mol. The van der Waals surface area contributed by atoms with Crippen molar-refractivity contribution in [2.24, 2.45) is 7.05 Å². The van der Waals surface area contributed by atoms with Gasteiger partial charge in [-0.15, -0.1) is 0 Å². The molecule has 0 bridgehead atoms. The van der Waals surface area contributed by atoms with E-state index in [2.05, 4.69) is 15.3 Å². The number of fused-ring (bicyclic) bond motifs is 1. The molecule has 0 aliphatic rings. The van der Waals surface area contributed by atoms with Gasteiger partial charge in [-0.2, -0.15) is 4.98 Å². The average molecular weight is 459 g/mol. The summed E-state index contributed by atoms with van der Waals surface area (Å²) in [6.45, 7) is 0. The van der Waals surface area contributed by atoms with Crippen LogP contribution in [-0.2, 0) is 16.9 Å². The lowest BCUT2D eigenvalue weighted by molar-refractivity contribution is 0.602. The molecule has 0 saturated carbocycles. The Morgan fingerprint density at radius 1 is 1.10 bits per heavy atom. The molecule has 10 heteroatoms. The fraction of sp³-hybridized carbons (Fsp3) is 0.0952. The Morgan fingerprint density at radius 3 is 2.58 bits per heavy atom. The second-order valence-electron chi connectivity index (χ2n) is 6.94. The molecule has 0 spiro atoms. The van der Waals surface area contributed by atoms with Crippen LogP contribution in [0.4, 0.5) is 16.0 Å². The molecule has 1 N–H and O–H groups in total.